The van der Waals surface area contributed by atoms with E-state index in [0.717, 1.165) is 12.1 Å². The molecule has 1 aromatic rings. The topological polar surface area (TPSA) is 62.7 Å². The zero-order chi connectivity index (χ0) is 19.9. The standard InChI is InChI=1S/C17H22ClF3N2O3/c1-9-7-11(24)13(23(8-9)15(25)26-16(2,3)4)10-5-6-12(17(19,20)21)22-14(10)18/h5-6,9,11,13,24H,7-8H2,1-4H3/t9-,11+,13+/m1/s1. The van der Waals surface area contributed by atoms with Crippen LogP contribution in [0.3, 0.4) is 0 Å². The summed E-state index contributed by atoms with van der Waals surface area (Å²) in [6, 6.07) is 1.02. The Balaban J connectivity index is 2.41. The van der Waals surface area contributed by atoms with Crippen molar-refractivity contribution in [2.24, 2.45) is 5.92 Å². The number of carbonyl (C=O) groups excluding carboxylic acids is 1. The van der Waals surface area contributed by atoms with Crippen molar-refractivity contribution in [2.75, 3.05) is 6.54 Å². The average Bonchev–Trinajstić information content (AvgIpc) is 2.44. The number of hydrogen-bond donors (Lipinski definition) is 1. The molecule has 0 aromatic carbocycles. The lowest BCUT2D eigenvalue weighted by atomic mass is 9.88. The van der Waals surface area contributed by atoms with Crippen molar-refractivity contribution >= 4 is 17.7 Å². The number of likely N-dealkylation sites (tertiary alicyclic amines) is 1. The van der Waals surface area contributed by atoms with Gasteiger partial charge in [0.1, 0.15) is 16.4 Å². The first-order valence-electron chi connectivity index (χ1n) is 8.21. The highest BCUT2D eigenvalue weighted by atomic mass is 35.5. The lowest BCUT2D eigenvalue weighted by Crippen LogP contribution is -2.49. The Bertz CT molecular complexity index is 676. The SMILES string of the molecule is C[C@@H]1C[C@H](O)[C@H](c2ccc(C(F)(F)F)nc2Cl)N(C(=O)OC(C)(C)C)C1. The Morgan fingerprint density at radius 2 is 1.96 bits per heavy atom. The highest BCUT2D eigenvalue weighted by Gasteiger charge is 2.41. The minimum Gasteiger partial charge on any atom is -0.444 e. The second-order valence-corrected chi connectivity index (χ2v) is 7.92. The van der Waals surface area contributed by atoms with E-state index < -0.39 is 40.9 Å². The van der Waals surface area contributed by atoms with Crippen LogP contribution in [0.4, 0.5) is 18.0 Å². The number of carbonyl (C=O) groups is 1. The van der Waals surface area contributed by atoms with Crippen molar-refractivity contribution < 1.29 is 27.8 Å². The highest BCUT2D eigenvalue weighted by molar-refractivity contribution is 6.30. The molecule has 1 aliphatic rings. The molecule has 26 heavy (non-hydrogen) atoms. The molecule has 0 bridgehead atoms. The fourth-order valence-corrected chi connectivity index (χ4v) is 3.25. The number of piperidine rings is 1. The van der Waals surface area contributed by atoms with Crippen LogP contribution in [-0.2, 0) is 10.9 Å². The van der Waals surface area contributed by atoms with Crippen LogP contribution in [-0.4, -0.2) is 39.3 Å². The molecule has 1 fully saturated rings. The monoisotopic (exact) mass is 394 g/mol. The minimum absolute atomic E-state index is 0.00467. The number of hydrogen-bond acceptors (Lipinski definition) is 4. The molecule has 2 rings (SSSR count). The first kappa shape index (κ1) is 20.8. The van der Waals surface area contributed by atoms with Gasteiger partial charge in [0.05, 0.1) is 12.1 Å². The lowest BCUT2D eigenvalue weighted by Gasteiger charge is -2.42. The summed E-state index contributed by atoms with van der Waals surface area (Å²) in [5.41, 5.74) is -1.73. The second kappa shape index (κ2) is 7.23. The Hall–Kier alpha value is -1.54. The molecular weight excluding hydrogens is 373 g/mol. The zero-order valence-electron chi connectivity index (χ0n) is 15.0. The van der Waals surface area contributed by atoms with E-state index in [1.807, 2.05) is 6.92 Å². The molecule has 0 spiro atoms. The van der Waals surface area contributed by atoms with Crippen LogP contribution in [0.2, 0.25) is 5.15 Å². The van der Waals surface area contributed by atoms with Crippen LogP contribution < -0.4 is 0 Å². The molecule has 1 aromatic heterocycles. The predicted molar refractivity (Wildman–Crippen MR) is 89.7 cm³/mol. The minimum atomic E-state index is -4.63. The van der Waals surface area contributed by atoms with E-state index in [-0.39, 0.29) is 18.0 Å². The van der Waals surface area contributed by atoms with Crippen LogP contribution in [0.1, 0.15) is 51.4 Å². The predicted octanol–water partition coefficient (Wildman–Crippen LogP) is 4.43. The fourth-order valence-electron chi connectivity index (χ4n) is 2.98. The third-order valence-corrected chi connectivity index (χ3v) is 4.27. The maximum Gasteiger partial charge on any atom is 0.433 e. The number of alkyl halides is 3. The second-order valence-electron chi connectivity index (χ2n) is 7.56. The van der Waals surface area contributed by atoms with E-state index in [4.69, 9.17) is 16.3 Å². The molecule has 0 aliphatic carbocycles. The van der Waals surface area contributed by atoms with Gasteiger partial charge in [0, 0.05) is 12.1 Å². The van der Waals surface area contributed by atoms with Gasteiger partial charge in [-0.05, 0) is 39.2 Å². The van der Waals surface area contributed by atoms with Gasteiger partial charge in [0.15, 0.2) is 0 Å². The summed E-state index contributed by atoms with van der Waals surface area (Å²) >= 11 is 5.97. The molecule has 1 amide bonds. The molecule has 0 saturated carbocycles. The molecule has 0 radical (unpaired) electrons. The first-order valence-corrected chi connectivity index (χ1v) is 8.58. The Kier molecular flexibility index (Phi) is 5.77. The van der Waals surface area contributed by atoms with Crippen molar-refractivity contribution in [3.8, 4) is 0 Å². The van der Waals surface area contributed by atoms with Crippen molar-refractivity contribution in [2.45, 2.75) is 58.0 Å². The van der Waals surface area contributed by atoms with E-state index in [9.17, 15) is 23.1 Å². The molecular formula is C17H22ClF3N2O3. The lowest BCUT2D eigenvalue weighted by molar-refractivity contribution is -0.141. The van der Waals surface area contributed by atoms with Gasteiger partial charge in [-0.2, -0.15) is 13.2 Å². The van der Waals surface area contributed by atoms with Gasteiger partial charge in [-0.3, -0.25) is 4.90 Å². The normalized spacial score (nSPS) is 24.5. The molecule has 1 saturated heterocycles. The van der Waals surface area contributed by atoms with Crippen molar-refractivity contribution in [1.29, 1.82) is 0 Å². The number of nitrogens with zero attached hydrogens (tertiary/aromatic N) is 2. The Morgan fingerprint density at radius 3 is 2.46 bits per heavy atom. The van der Waals surface area contributed by atoms with Gasteiger partial charge in [-0.25, -0.2) is 9.78 Å². The number of rotatable bonds is 1. The summed E-state index contributed by atoms with van der Waals surface area (Å²) in [6.07, 6.45) is -5.92. The van der Waals surface area contributed by atoms with E-state index >= 15 is 0 Å². The average molecular weight is 395 g/mol. The zero-order valence-corrected chi connectivity index (χ0v) is 15.7. The van der Waals surface area contributed by atoms with Gasteiger partial charge in [0.25, 0.3) is 0 Å². The van der Waals surface area contributed by atoms with Crippen molar-refractivity contribution in [3.05, 3.63) is 28.5 Å². The van der Waals surface area contributed by atoms with E-state index in [0.29, 0.717) is 6.42 Å². The van der Waals surface area contributed by atoms with Gasteiger partial charge < -0.3 is 9.84 Å². The molecule has 2 heterocycles. The summed E-state index contributed by atoms with van der Waals surface area (Å²) in [6.45, 7) is 7.26. The largest absolute Gasteiger partial charge is 0.444 e. The van der Waals surface area contributed by atoms with E-state index in [1.165, 1.54) is 4.90 Å². The molecule has 9 heteroatoms. The number of amides is 1. The van der Waals surface area contributed by atoms with Gasteiger partial charge in [-0.1, -0.05) is 24.6 Å². The fraction of sp³-hybridized carbons (Fsp3) is 0.647. The highest BCUT2D eigenvalue weighted by Crippen LogP contribution is 2.38. The Labute approximate surface area is 155 Å². The number of halogens is 4. The number of pyridine rings is 1. The van der Waals surface area contributed by atoms with Crippen LogP contribution in [0.15, 0.2) is 12.1 Å². The smallest absolute Gasteiger partial charge is 0.433 e. The van der Waals surface area contributed by atoms with Crippen molar-refractivity contribution in [3.63, 3.8) is 0 Å². The summed E-state index contributed by atoms with van der Waals surface area (Å²) in [7, 11) is 0. The Morgan fingerprint density at radius 1 is 1.35 bits per heavy atom. The maximum atomic E-state index is 12.8. The van der Waals surface area contributed by atoms with Crippen molar-refractivity contribution in [1.82, 2.24) is 9.88 Å². The summed E-state index contributed by atoms with van der Waals surface area (Å²) < 4.78 is 43.8. The van der Waals surface area contributed by atoms with Crippen LogP contribution >= 0.6 is 11.6 Å². The molecule has 1 aliphatic heterocycles. The number of aliphatic hydroxyl groups is 1. The van der Waals surface area contributed by atoms with Crippen LogP contribution in [0.25, 0.3) is 0 Å². The first-order chi connectivity index (χ1) is 11.8. The number of aliphatic hydroxyl groups excluding tert-OH is 1. The van der Waals surface area contributed by atoms with E-state index in [2.05, 4.69) is 4.98 Å². The molecule has 5 nitrogen and oxygen atoms in total. The number of aromatic nitrogens is 1. The molecule has 1 N–H and O–H groups in total. The summed E-state index contributed by atoms with van der Waals surface area (Å²) in [5.74, 6) is -0.00467. The molecule has 0 unspecified atom stereocenters. The van der Waals surface area contributed by atoms with Gasteiger partial charge >= 0.3 is 12.3 Å². The van der Waals surface area contributed by atoms with E-state index in [1.54, 1.807) is 20.8 Å². The molecule has 3 atom stereocenters. The third-order valence-electron chi connectivity index (χ3n) is 3.97. The van der Waals surface area contributed by atoms with Gasteiger partial charge in [0.2, 0.25) is 0 Å². The summed E-state index contributed by atoms with van der Waals surface area (Å²) in [4.78, 5) is 17.3. The number of ether oxygens (including phenoxy) is 1. The summed E-state index contributed by atoms with van der Waals surface area (Å²) in [5, 5.41) is 10.1. The quantitative estimate of drug-likeness (QED) is 0.715. The third kappa shape index (κ3) is 4.79. The van der Waals surface area contributed by atoms with Crippen LogP contribution in [0.5, 0.6) is 0 Å². The van der Waals surface area contributed by atoms with Gasteiger partial charge in [-0.15, -0.1) is 0 Å². The van der Waals surface area contributed by atoms with Crippen LogP contribution in [0, 0.1) is 5.92 Å². The maximum absolute atomic E-state index is 12.8. The molecule has 146 valence electrons.